The molecule has 0 saturated carbocycles. The van der Waals surface area contributed by atoms with Crippen LogP contribution in [0, 0.1) is 0 Å². The maximum Gasteiger partial charge on any atom is 0.211 e. The van der Waals surface area contributed by atoms with Crippen LogP contribution in [0.15, 0.2) is 30.3 Å². The molecular weight excluding hydrogens is 284 g/mol. The van der Waals surface area contributed by atoms with Gasteiger partial charge >= 0.3 is 0 Å². The first-order valence-electron chi connectivity index (χ1n) is 7.78. The fourth-order valence-corrected chi connectivity index (χ4v) is 3.62. The van der Waals surface area contributed by atoms with Crippen LogP contribution in [-0.2, 0) is 16.4 Å². The highest BCUT2D eigenvalue weighted by molar-refractivity contribution is 7.89. The van der Waals surface area contributed by atoms with Crippen molar-refractivity contribution in [1.29, 1.82) is 0 Å². The van der Waals surface area contributed by atoms with E-state index >= 15 is 0 Å². The Bertz CT molecular complexity index is 474. The molecule has 0 aliphatic carbocycles. The van der Waals surface area contributed by atoms with Crippen molar-refractivity contribution >= 4 is 10.0 Å². The van der Waals surface area contributed by atoms with Gasteiger partial charge in [0.1, 0.15) is 0 Å². The Morgan fingerprint density at radius 3 is 2.48 bits per heavy atom. The average molecular weight is 312 g/mol. The van der Waals surface area contributed by atoms with Gasteiger partial charge in [0, 0.05) is 6.04 Å². The lowest BCUT2D eigenvalue weighted by Crippen LogP contribution is -2.35. The van der Waals surface area contributed by atoms with Gasteiger partial charge in [0.2, 0.25) is 10.0 Å². The van der Waals surface area contributed by atoms with Gasteiger partial charge in [-0.25, -0.2) is 13.1 Å². The summed E-state index contributed by atoms with van der Waals surface area (Å²) in [6.07, 6.45) is 3.42. The molecule has 0 aliphatic heterocycles. The number of sulfonamides is 1. The van der Waals surface area contributed by atoms with E-state index in [0.29, 0.717) is 6.42 Å². The van der Waals surface area contributed by atoms with Crippen molar-refractivity contribution in [2.24, 2.45) is 0 Å². The van der Waals surface area contributed by atoms with E-state index in [1.165, 1.54) is 0 Å². The number of benzene rings is 1. The van der Waals surface area contributed by atoms with E-state index in [4.69, 9.17) is 0 Å². The predicted octanol–water partition coefficient (Wildman–Crippen LogP) is 2.32. The molecule has 1 aromatic carbocycles. The van der Waals surface area contributed by atoms with Crippen molar-refractivity contribution in [3.63, 3.8) is 0 Å². The maximum atomic E-state index is 12.0. The number of unbranched alkanes of at least 4 members (excludes halogenated alkanes) is 1. The number of rotatable bonds is 11. The molecule has 0 aromatic heterocycles. The standard InChI is InChI=1S/C16H28N2O2S/c1-3-11-17-12-7-8-13-21(19,20)18-15(2)14-16-9-5-4-6-10-16/h4-6,9-10,15,17-18H,3,7-8,11-14H2,1-2H3. The lowest BCUT2D eigenvalue weighted by atomic mass is 10.1. The number of hydrogen-bond acceptors (Lipinski definition) is 3. The lowest BCUT2D eigenvalue weighted by molar-refractivity contribution is 0.553. The van der Waals surface area contributed by atoms with Gasteiger partial charge in [0.05, 0.1) is 5.75 Å². The molecule has 21 heavy (non-hydrogen) atoms. The monoisotopic (exact) mass is 312 g/mol. The molecule has 1 aromatic rings. The van der Waals surface area contributed by atoms with Gasteiger partial charge in [-0.1, -0.05) is 37.3 Å². The average Bonchev–Trinajstić information content (AvgIpc) is 2.43. The quantitative estimate of drug-likeness (QED) is 0.617. The molecule has 4 nitrogen and oxygen atoms in total. The Balaban J connectivity index is 2.25. The molecule has 1 rings (SSSR count). The van der Waals surface area contributed by atoms with E-state index in [1.54, 1.807) is 0 Å². The summed E-state index contributed by atoms with van der Waals surface area (Å²) in [6.45, 7) is 5.92. The Morgan fingerprint density at radius 2 is 1.81 bits per heavy atom. The Labute approximate surface area is 129 Å². The van der Waals surface area contributed by atoms with Crippen LogP contribution in [0.1, 0.15) is 38.7 Å². The van der Waals surface area contributed by atoms with E-state index < -0.39 is 10.0 Å². The molecule has 0 fully saturated rings. The Hall–Kier alpha value is -0.910. The minimum atomic E-state index is -3.17. The summed E-state index contributed by atoms with van der Waals surface area (Å²) >= 11 is 0. The van der Waals surface area contributed by atoms with Gasteiger partial charge in [0.15, 0.2) is 0 Å². The highest BCUT2D eigenvalue weighted by Crippen LogP contribution is 2.04. The molecule has 0 radical (unpaired) electrons. The molecule has 0 bridgehead atoms. The highest BCUT2D eigenvalue weighted by Gasteiger charge is 2.14. The van der Waals surface area contributed by atoms with Gasteiger partial charge in [0.25, 0.3) is 0 Å². The summed E-state index contributed by atoms with van der Waals surface area (Å²) in [6, 6.07) is 9.87. The van der Waals surface area contributed by atoms with E-state index in [2.05, 4.69) is 17.0 Å². The second-order valence-electron chi connectivity index (χ2n) is 5.48. The van der Waals surface area contributed by atoms with E-state index in [-0.39, 0.29) is 11.8 Å². The summed E-state index contributed by atoms with van der Waals surface area (Å²) in [4.78, 5) is 0. The summed E-state index contributed by atoms with van der Waals surface area (Å²) in [5.74, 6) is 0.208. The van der Waals surface area contributed by atoms with E-state index in [1.807, 2.05) is 37.3 Å². The predicted molar refractivity (Wildman–Crippen MR) is 88.9 cm³/mol. The van der Waals surface area contributed by atoms with Crippen LogP contribution >= 0.6 is 0 Å². The van der Waals surface area contributed by atoms with Crippen LogP contribution in [0.3, 0.4) is 0 Å². The van der Waals surface area contributed by atoms with E-state index in [9.17, 15) is 8.42 Å². The smallest absolute Gasteiger partial charge is 0.211 e. The zero-order valence-corrected chi connectivity index (χ0v) is 14.0. The van der Waals surface area contributed by atoms with Crippen LogP contribution in [0.4, 0.5) is 0 Å². The van der Waals surface area contributed by atoms with E-state index in [0.717, 1.165) is 37.9 Å². The topological polar surface area (TPSA) is 58.2 Å². The summed E-state index contributed by atoms with van der Waals surface area (Å²) < 4.78 is 26.7. The third-order valence-electron chi connectivity index (χ3n) is 3.21. The molecule has 0 spiro atoms. The SMILES string of the molecule is CCCNCCCCS(=O)(=O)NC(C)Cc1ccccc1. The van der Waals surface area contributed by atoms with Crippen LogP contribution < -0.4 is 10.0 Å². The molecule has 5 heteroatoms. The summed E-state index contributed by atoms with van der Waals surface area (Å²) in [5, 5.41) is 3.28. The largest absolute Gasteiger partial charge is 0.317 e. The molecule has 0 saturated heterocycles. The van der Waals surface area contributed by atoms with Crippen LogP contribution in [-0.4, -0.2) is 33.3 Å². The normalized spacial score (nSPS) is 13.2. The van der Waals surface area contributed by atoms with Gasteiger partial charge in [-0.05, 0) is 51.3 Å². The highest BCUT2D eigenvalue weighted by atomic mass is 32.2. The fourth-order valence-electron chi connectivity index (χ4n) is 2.22. The third-order valence-corrected chi connectivity index (χ3v) is 4.80. The molecular formula is C16H28N2O2S. The molecule has 0 heterocycles. The first-order chi connectivity index (χ1) is 10.0. The lowest BCUT2D eigenvalue weighted by Gasteiger charge is -2.14. The van der Waals surface area contributed by atoms with Crippen molar-refractivity contribution in [1.82, 2.24) is 10.0 Å². The first-order valence-corrected chi connectivity index (χ1v) is 9.43. The Kier molecular flexibility index (Phi) is 8.57. The molecule has 1 atom stereocenters. The third kappa shape index (κ3) is 8.86. The van der Waals surface area contributed by atoms with Crippen LogP contribution in [0.25, 0.3) is 0 Å². The Morgan fingerprint density at radius 1 is 1.10 bits per heavy atom. The molecule has 120 valence electrons. The zero-order chi connectivity index (χ0) is 15.6. The van der Waals surface area contributed by atoms with Crippen molar-refractivity contribution in [3.8, 4) is 0 Å². The number of nitrogens with one attached hydrogen (secondary N) is 2. The van der Waals surface area contributed by atoms with Crippen molar-refractivity contribution in [2.75, 3.05) is 18.8 Å². The molecule has 0 aliphatic rings. The first kappa shape index (κ1) is 18.1. The second-order valence-corrected chi connectivity index (χ2v) is 7.36. The molecule has 1 unspecified atom stereocenters. The number of hydrogen-bond donors (Lipinski definition) is 2. The summed E-state index contributed by atoms with van der Waals surface area (Å²) in [7, 11) is -3.17. The van der Waals surface area contributed by atoms with Crippen LogP contribution in [0.5, 0.6) is 0 Å². The second kappa shape index (κ2) is 9.92. The van der Waals surface area contributed by atoms with Crippen molar-refractivity contribution in [3.05, 3.63) is 35.9 Å². The fraction of sp³-hybridized carbons (Fsp3) is 0.625. The minimum Gasteiger partial charge on any atom is -0.317 e. The maximum absolute atomic E-state index is 12.0. The van der Waals surface area contributed by atoms with Gasteiger partial charge < -0.3 is 5.32 Å². The van der Waals surface area contributed by atoms with Gasteiger partial charge in [-0.15, -0.1) is 0 Å². The zero-order valence-electron chi connectivity index (χ0n) is 13.1. The van der Waals surface area contributed by atoms with Gasteiger partial charge in [-0.2, -0.15) is 0 Å². The minimum absolute atomic E-state index is 0.0735. The summed E-state index contributed by atoms with van der Waals surface area (Å²) in [5.41, 5.74) is 1.15. The molecule has 0 amide bonds. The van der Waals surface area contributed by atoms with Gasteiger partial charge in [-0.3, -0.25) is 0 Å². The van der Waals surface area contributed by atoms with Crippen molar-refractivity contribution in [2.45, 2.75) is 45.6 Å². The van der Waals surface area contributed by atoms with Crippen LogP contribution in [0.2, 0.25) is 0 Å². The van der Waals surface area contributed by atoms with Crippen molar-refractivity contribution < 1.29 is 8.42 Å². The molecule has 2 N–H and O–H groups in total.